The van der Waals surface area contributed by atoms with E-state index in [1.54, 1.807) is 0 Å². The maximum absolute atomic E-state index is 13.1. The second-order valence-corrected chi connectivity index (χ2v) is 15.5. The minimum Gasteiger partial charge on any atom is -0.444 e. The molecule has 3 N–H and O–H groups in total. The van der Waals surface area contributed by atoms with Gasteiger partial charge in [0, 0.05) is 18.2 Å². The van der Waals surface area contributed by atoms with Crippen molar-refractivity contribution in [3.05, 3.63) is 84.7 Å². The number of fused-ring (bicyclic) bond motifs is 3. The highest BCUT2D eigenvalue weighted by atomic mass is 16.6. The third kappa shape index (κ3) is 5.32. The number of imidazole rings is 2. The van der Waals surface area contributed by atoms with Crippen molar-refractivity contribution in [2.75, 3.05) is 6.54 Å². The summed E-state index contributed by atoms with van der Waals surface area (Å²) in [5.74, 6) is 2.62. The molecule has 5 aromatic rings. The van der Waals surface area contributed by atoms with Crippen molar-refractivity contribution in [3.8, 4) is 33.6 Å². The van der Waals surface area contributed by atoms with Gasteiger partial charge in [0.05, 0.1) is 35.9 Å². The number of H-pyrrole nitrogens is 2. The summed E-state index contributed by atoms with van der Waals surface area (Å²) in [5.41, 5.74) is 6.34. The first-order valence-electron chi connectivity index (χ1n) is 17.2. The molecule has 47 heavy (non-hydrogen) atoms. The van der Waals surface area contributed by atoms with Crippen LogP contribution in [0.2, 0.25) is 0 Å². The van der Waals surface area contributed by atoms with E-state index in [2.05, 4.69) is 75.9 Å². The van der Waals surface area contributed by atoms with Crippen LogP contribution in [-0.4, -0.2) is 49.1 Å². The van der Waals surface area contributed by atoms with Gasteiger partial charge in [0.2, 0.25) is 0 Å². The summed E-state index contributed by atoms with van der Waals surface area (Å²) in [6.07, 6.45) is 10.8. The summed E-state index contributed by atoms with van der Waals surface area (Å²) in [6, 6.07) is 22.9. The monoisotopic (exact) mass is 626 g/mol. The van der Waals surface area contributed by atoms with Gasteiger partial charge < -0.3 is 20.0 Å². The molecule has 2 aliphatic heterocycles. The normalized spacial score (nSPS) is 24.4. The summed E-state index contributed by atoms with van der Waals surface area (Å²) in [7, 11) is 0. The number of likely N-dealkylation sites (tertiary alicyclic amines) is 1. The van der Waals surface area contributed by atoms with Gasteiger partial charge in [-0.3, -0.25) is 4.90 Å². The van der Waals surface area contributed by atoms with Crippen LogP contribution in [0.4, 0.5) is 4.79 Å². The van der Waals surface area contributed by atoms with Crippen molar-refractivity contribution in [3.63, 3.8) is 0 Å². The molecule has 4 atom stereocenters. The molecular formula is C39H42N6O2. The van der Waals surface area contributed by atoms with E-state index in [0.29, 0.717) is 18.0 Å². The summed E-state index contributed by atoms with van der Waals surface area (Å²) in [5, 5.41) is 6.10. The molecule has 3 aromatic carbocycles. The second kappa shape index (κ2) is 10.5. The molecule has 9 rings (SSSR count). The minimum absolute atomic E-state index is 0.0924. The first-order valence-corrected chi connectivity index (χ1v) is 17.2. The molecule has 4 heterocycles. The van der Waals surface area contributed by atoms with Crippen molar-refractivity contribution >= 4 is 16.9 Å². The zero-order valence-electron chi connectivity index (χ0n) is 27.3. The van der Waals surface area contributed by atoms with Crippen molar-refractivity contribution in [2.45, 2.75) is 83.0 Å². The van der Waals surface area contributed by atoms with Crippen molar-refractivity contribution in [1.82, 2.24) is 30.2 Å². The number of carbonyl (C=O) groups is 1. The molecule has 1 spiro atoms. The lowest BCUT2D eigenvalue weighted by molar-refractivity contribution is 0.0212. The molecule has 2 unspecified atom stereocenters. The van der Waals surface area contributed by atoms with Gasteiger partial charge in [-0.25, -0.2) is 14.8 Å². The number of carbonyl (C=O) groups excluding carboxylic acids is 1. The van der Waals surface area contributed by atoms with Gasteiger partial charge >= 0.3 is 6.09 Å². The SMILES string of the molecule is CC(C)(C)OC(=O)N1CC2(CC2)C[C@H]1c1ncc(-c2ccc3cc(-c4ccc(-c5cnc(C6NC7CC[C@H]6C7)[nH]5)cc4)ccc3c2)[nH]1. The van der Waals surface area contributed by atoms with E-state index in [1.807, 2.05) is 38.1 Å². The number of aromatic nitrogens is 4. The van der Waals surface area contributed by atoms with Gasteiger partial charge in [-0.1, -0.05) is 48.5 Å². The van der Waals surface area contributed by atoms with Gasteiger partial charge in [0.15, 0.2) is 0 Å². The average Bonchev–Trinajstić information content (AvgIpc) is 3.69. The Bertz CT molecular complexity index is 1980. The quantitative estimate of drug-likeness (QED) is 0.182. The fraction of sp³-hybridized carbons (Fsp3) is 0.410. The molecule has 2 saturated heterocycles. The van der Waals surface area contributed by atoms with Crippen LogP contribution in [0.1, 0.15) is 83.0 Å². The van der Waals surface area contributed by atoms with E-state index in [-0.39, 0.29) is 17.6 Å². The highest BCUT2D eigenvalue weighted by molar-refractivity contribution is 5.90. The number of rotatable bonds is 5. The standard InChI is InChI=1S/C39H42N6O2/c1-38(2,3)47-37(46)45-22-39(14-15-39)19-33(45)35-40-21-32(43-35)28-11-10-26-16-25(8-9-27(26)17-28)23-4-6-24(7-5-23)31-20-41-36(44-31)34-29-12-13-30(18-29)42-34/h4-11,16-17,20-21,29-30,33-34,42H,12-15,18-19,22H2,1-3H3,(H,40,43)(H,41,44)/t29-,30?,33-,34?/m0/s1. The van der Waals surface area contributed by atoms with Crippen molar-refractivity contribution in [2.24, 2.45) is 11.3 Å². The number of hydrogen-bond donors (Lipinski definition) is 3. The van der Waals surface area contributed by atoms with Gasteiger partial charge in [0.1, 0.15) is 17.2 Å². The van der Waals surface area contributed by atoms with Crippen LogP contribution in [0.25, 0.3) is 44.4 Å². The summed E-state index contributed by atoms with van der Waals surface area (Å²) >= 11 is 0. The Labute approximate surface area is 275 Å². The highest BCUT2D eigenvalue weighted by Gasteiger charge is 2.55. The zero-order chi connectivity index (χ0) is 31.9. The lowest BCUT2D eigenvalue weighted by atomic mass is 9.98. The number of benzene rings is 3. The van der Waals surface area contributed by atoms with Gasteiger partial charge in [-0.2, -0.15) is 0 Å². The van der Waals surface area contributed by atoms with E-state index < -0.39 is 5.60 Å². The Balaban J connectivity index is 0.916. The second-order valence-electron chi connectivity index (χ2n) is 15.5. The summed E-state index contributed by atoms with van der Waals surface area (Å²) in [4.78, 5) is 31.7. The van der Waals surface area contributed by atoms with Gasteiger partial charge in [-0.05, 0) is 110 Å². The van der Waals surface area contributed by atoms with Crippen LogP contribution < -0.4 is 5.32 Å². The van der Waals surface area contributed by atoms with Crippen LogP contribution in [-0.2, 0) is 4.74 Å². The molecule has 2 bridgehead atoms. The highest BCUT2D eigenvalue weighted by Crippen LogP contribution is 2.58. The zero-order valence-corrected chi connectivity index (χ0v) is 27.3. The van der Waals surface area contributed by atoms with E-state index in [0.717, 1.165) is 60.0 Å². The molecule has 2 aliphatic carbocycles. The lowest BCUT2D eigenvalue weighted by Crippen LogP contribution is -2.37. The first-order chi connectivity index (χ1) is 22.7. The molecule has 4 aliphatic rings. The van der Waals surface area contributed by atoms with E-state index in [4.69, 9.17) is 14.7 Å². The Morgan fingerprint density at radius 3 is 2.15 bits per heavy atom. The smallest absolute Gasteiger partial charge is 0.410 e. The number of aromatic amines is 2. The minimum atomic E-state index is -0.527. The summed E-state index contributed by atoms with van der Waals surface area (Å²) in [6.45, 7) is 6.49. The summed E-state index contributed by atoms with van der Waals surface area (Å²) < 4.78 is 5.77. The molecular weight excluding hydrogens is 584 g/mol. The predicted molar refractivity (Wildman–Crippen MR) is 184 cm³/mol. The molecule has 0 radical (unpaired) electrons. The van der Waals surface area contributed by atoms with E-state index in [9.17, 15) is 4.79 Å². The van der Waals surface area contributed by atoms with Crippen LogP contribution in [0.5, 0.6) is 0 Å². The molecule has 4 fully saturated rings. The molecule has 1 amide bonds. The number of piperidine rings is 1. The molecule has 2 saturated carbocycles. The van der Waals surface area contributed by atoms with Crippen LogP contribution in [0.15, 0.2) is 73.1 Å². The van der Waals surface area contributed by atoms with Crippen molar-refractivity contribution in [1.29, 1.82) is 0 Å². The average molecular weight is 627 g/mol. The molecule has 240 valence electrons. The maximum Gasteiger partial charge on any atom is 0.410 e. The Morgan fingerprint density at radius 2 is 1.47 bits per heavy atom. The van der Waals surface area contributed by atoms with Crippen LogP contribution in [0, 0.1) is 11.3 Å². The number of nitrogens with zero attached hydrogens (tertiary/aromatic N) is 3. The number of ether oxygens (including phenoxy) is 1. The molecule has 8 nitrogen and oxygen atoms in total. The number of hydrogen-bond acceptors (Lipinski definition) is 5. The maximum atomic E-state index is 13.1. The van der Waals surface area contributed by atoms with E-state index in [1.165, 1.54) is 41.2 Å². The van der Waals surface area contributed by atoms with Gasteiger partial charge in [0.25, 0.3) is 0 Å². The Kier molecular flexibility index (Phi) is 6.45. The topological polar surface area (TPSA) is 98.9 Å². The molecule has 8 heteroatoms. The van der Waals surface area contributed by atoms with Gasteiger partial charge in [-0.15, -0.1) is 0 Å². The fourth-order valence-electron chi connectivity index (χ4n) is 8.24. The Morgan fingerprint density at radius 1 is 0.830 bits per heavy atom. The lowest BCUT2D eigenvalue weighted by Gasteiger charge is -2.27. The first kappa shape index (κ1) is 28.8. The fourth-order valence-corrected chi connectivity index (χ4v) is 8.24. The number of nitrogens with one attached hydrogen (secondary N) is 3. The predicted octanol–water partition coefficient (Wildman–Crippen LogP) is 8.56. The third-order valence-electron chi connectivity index (χ3n) is 10.9. The van der Waals surface area contributed by atoms with Crippen LogP contribution in [0.3, 0.4) is 0 Å². The molecule has 2 aromatic heterocycles. The van der Waals surface area contributed by atoms with Crippen molar-refractivity contribution < 1.29 is 9.53 Å². The van der Waals surface area contributed by atoms with E-state index >= 15 is 0 Å². The number of amides is 1. The largest absolute Gasteiger partial charge is 0.444 e. The van der Waals surface area contributed by atoms with Crippen LogP contribution >= 0.6 is 0 Å². The third-order valence-corrected chi connectivity index (χ3v) is 10.9. The Hall–Kier alpha value is -4.43.